The average molecular weight is 334 g/mol. The lowest BCUT2D eigenvalue weighted by molar-refractivity contribution is 0.0603. The molecule has 2 aromatic heterocycles. The summed E-state index contributed by atoms with van der Waals surface area (Å²) in [6.07, 6.45) is 1.08. The summed E-state index contributed by atoms with van der Waals surface area (Å²) in [5.74, 6) is 0. The van der Waals surface area contributed by atoms with E-state index in [-0.39, 0.29) is 29.8 Å². The van der Waals surface area contributed by atoms with Crippen LogP contribution in [-0.4, -0.2) is 49.3 Å². The third kappa shape index (κ3) is 3.72. The Morgan fingerprint density at radius 3 is 3.00 bits per heavy atom. The Kier molecular flexibility index (Phi) is 5.17. The number of nitrogens with zero attached hydrogens (tertiary/aromatic N) is 2. The number of hydrogen-bond donors (Lipinski definition) is 2. The van der Waals surface area contributed by atoms with Crippen LogP contribution in [0.25, 0.3) is 5.65 Å². The molecule has 0 amide bonds. The number of fused-ring (bicyclic) bond motifs is 1. The van der Waals surface area contributed by atoms with Gasteiger partial charge in [0.1, 0.15) is 5.65 Å². The monoisotopic (exact) mass is 333 g/mol. The van der Waals surface area contributed by atoms with E-state index in [1.165, 1.54) is 11.5 Å². The summed E-state index contributed by atoms with van der Waals surface area (Å²) in [7, 11) is -2.35. The van der Waals surface area contributed by atoms with Crippen molar-refractivity contribution in [3.05, 3.63) is 29.5 Å². The zero-order chi connectivity index (χ0) is 15.5. The van der Waals surface area contributed by atoms with Crippen molar-refractivity contribution in [3.8, 4) is 0 Å². The van der Waals surface area contributed by atoms with E-state index in [1.54, 1.807) is 24.4 Å². The van der Waals surface area contributed by atoms with Crippen molar-refractivity contribution in [3.63, 3.8) is 0 Å². The van der Waals surface area contributed by atoms with Crippen molar-refractivity contribution in [1.29, 1.82) is 0 Å². The lowest BCUT2D eigenvalue weighted by Gasteiger charge is -2.10. The van der Waals surface area contributed by atoms with E-state index >= 15 is 0 Å². The molecule has 21 heavy (non-hydrogen) atoms. The molecule has 116 valence electrons. The molecular formula is C12H16ClN3O4S. The van der Waals surface area contributed by atoms with Crippen LogP contribution in [0.4, 0.5) is 0 Å². The summed E-state index contributed by atoms with van der Waals surface area (Å²) < 4.78 is 33.2. The highest BCUT2D eigenvalue weighted by Gasteiger charge is 2.24. The minimum Gasteiger partial charge on any atom is -0.391 e. The van der Waals surface area contributed by atoms with Gasteiger partial charge in [-0.15, -0.1) is 0 Å². The number of halogens is 1. The number of aliphatic hydroxyl groups excluding tert-OH is 1. The highest BCUT2D eigenvalue weighted by atomic mass is 35.5. The molecule has 9 heteroatoms. The van der Waals surface area contributed by atoms with Crippen LogP contribution in [0.15, 0.2) is 29.4 Å². The van der Waals surface area contributed by atoms with Crippen LogP contribution in [0, 0.1) is 0 Å². The second-order valence-electron chi connectivity index (χ2n) is 4.43. The number of methoxy groups -OCH3 is 1. The van der Waals surface area contributed by atoms with Crippen LogP contribution < -0.4 is 4.72 Å². The molecule has 0 bridgehead atoms. The summed E-state index contributed by atoms with van der Waals surface area (Å²) in [5, 5.41) is 9.30. The number of ether oxygens (including phenoxy) is 1. The van der Waals surface area contributed by atoms with Crippen LogP contribution >= 0.6 is 11.6 Å². The molecule has 7 nitrogen and oxygen atoms in total. The molecule has 0 spiro atoms. The molecular weight excluding hydrogens is 318 g/mol. The third-order valence-electron chi connectivity index (χ3n) is 2.83. The molecule has 0 aliphatic carbocycles. The first-order valence-electron chi connectivity index (χ1n) is 6.25. The van der Waals surface area contributed by atoms with E-state index in [1.807, 2.05) is 0 Å². The van der Waals surface area contributed by atoms with Crippen LogP contribution in [0.5, 0.6) is 0 Å². The number of sulfonamides is 1. The lowest BCUT2D eigenvalue weighted by Crippen LogP contribution is -2.29. The van der Waals surface area contributed by atoms with Gasteiger partial charge in [-0.2, -0.15) is 0 Å². The molecule has 0 aliphatic rings. The molecule has 0 aromatic carbocycles. The molecule has 2 N–H and O–H groups in total. The Morgan fingerprint density at radius 2 is 2.29 bits per heavy atom. The van der Waals surface area contributed by atoms with Crippen molar-refractivity contribution in [2.24, 2.45) is 0 Å². The first kappa shape index (κ1) is 16.2. The Bertz CT molecular complexity index is 716. The van der Waals surface area contributed by atoms with Gasteiger partial charge in [0.15, 0.2) is 10.2 Å². The summed E-state index contributed by atoms with van der Waals surface area (Å²) in [4.78, 5) is 3.99. The molecule has 2 heterocycles. The number of aromatic nitrogens is 2. The van der Waals surface area contributed by atoms with Gasteiger partial charge in [0.2, 0.25) is 0 Å². The van der Waals surface area contributed by atoms with E-state index in [4.69, 9.17) is 16.3 Å². The topological polar surface area (TPSA) is 92.9 Å². The fourth-order valence-electron chi connectivity index (χ4n) is 1.89. The van der Waals surface area contributed by atoms with E-state index in [0.29, 0.717) is 5.65 Å². The smallest absolute Gasteiger partial charge is 0.259 e. The van der Waals surface area contributed by atoms with Gasteiger partial charge >= 0.3 is 0 Å². The Balaban J connectivity index is 2.17. The van der Waals surface area contributed by atoms with Crippen LogP contribution in [-0.2, 0) is 14.8 Å². The van der Waals surface area contributed by atoms with Crippen molar-refractivity contribution in [2.45, 2.75) is 17.6 Å². The van der Waals surface area contributed by atoms with Gasteiger partial charge in [-0.3, -0.25) is 4.40 Å². The summed E-state index contributed by atoms with van der Waals surface area (Å²) in [5.41, 5.74) is 0.447. The third-order valence-corrected chi connectivity index (χ3v) is 4.69. The van der Waals surface area contributed by atoms with Crippen LogP contribution in [0.1, 0.15) is 6.42 Å². The number of nitrogens with one attached hydrogen (secondary N) is 1. The number of aliphatic hydroxyl groups is 1. The largest absolute Gasteiger partial charge is 0.391 e. The fourth-order valence-corrected chi connectivity index (χ4v) is 3.58. The molecule has 1 unspecified atom stereocenters. The molecule has 0 aliphatic heterocycles. The second-order valence-corrected chi connectivity index (χ2v) is 6.47. The van der Waals surface area contributed by atoms with E-state index in [9.17, 15) is 13.5 Å². The number of rotatable bonds is 7. The lowest BCUT2D eigenvalue weighted by atomic mass is 10.3. The first-order valence-corrected chi connectivity index (χ1v) is 8.11. The normalized spacial score (nSPS) is 13.7. The van der Waals surface area contributed by atoms with E-state index in [2.05, 4.69) is 9.71 Å². The van der Waals surface area contributed by atoms with Gasteiger partial charge < -0.3 is 9.84 Å². The highest BCUT2D eigenvalue weighted by Crippen LogP contribution is 2.22. The predicted molar refractivity (Wildman–Crippen MR) is 77.9 cm³/mol. The Labute approximate surface area is 127 Å². The van der Waals surface area contributed by atoms with Gasteiger partial charge in [0.25, 0.3) is 10.0 Å². The zero-order valence-electron chi connectivity index (χ0n) is 11.4. The number of imidazole rings is 1. The molecule has 0 fully saturated rings. The van der Waals surface area contributed by atoms with Gasteiger partial charge in [-0.1, -0.05) is 17.7 Å². The molecule has 1 atom stereocenters. The van der Waals surface area contributed by atoms with Gasteiger partial charge in [-0.05, 0) is 18.6 Å². The van der Waals surface area contributed by atoms with Crippen molar-refractivity contribution >= 4 is 27.3 Å². The van der Waals surface area contributed by atoms with Gasteiger partial charge in [0.05, 0.1) is 12.7 Å². The maximum atomic E-state index is 12.3. The van der Waals surface area contributed by atoms with Crippen LogP contribution in [0.3, 0.4) is 0 Å². The first-order chi connectivity index (χ1) is 9.95. The molecule has 2 rings (SSSR count). The predicted octanol–water partition coefficient (Wildman–Crippen LogP) is 0.663. The maximum Gasteiger partial charge on any atom is 0.259 e. The fraction of sp³-hybridized carbons (Fsp3) is 0.417. The number of hydrogen-bond acceptors (Lipinski definition) is 5. The Hall–Kier alpha value is -1.19. The number of pyridine rings is 1. The quantitative estimate of drug-likeness (QED) is 0.776. The van der Waals surface area contributed by atoms with Crippen molar-refractivity contribution < 1.29 is 18.3 Å². The molecule has 2 aromatic rings. The highest BCUT2D eigenvalue weighted by molar-refractivity contribution is 7.89. The van der Waals surface area contributed by atoms with Gasteiger partial charge in [0, 0.05) is 19.9 Å². The zero-order valence-corrected chi connectivity index (χ0v) is 12.9. The second kappa shape index (κ2) is 6.71. The molecule has 0 saturated carbocycles. The summed E-state index contributed by atoms with van der Waals surface area (Å²) in [6.45, 7) is 0.224. The SMILES string of the molecule is COCC(O)CCNS(=O)(=O)c1c(Cl)nc2ccccn12. The Morgan fingerprint density at radius 1 is 1.52 bits per heavy atom. The van der Waals surface area contributed by atoms with Crippen molar-refractivity contribution in [1.82, 2.24) is 14.1 Å². The minimum atomic E-state index is -3.82. The van der Waals surface area contributed by atoms with E-state index in [0.717, 1.165) is 0 Å². The van der Waals surface area contributed by atoms with Crippen molar-refractivity contribution in [2.75, 3.05) is 20.3 Å². The minimum absolute atomic E-state index is 0.0727. The maximum absolute atomic E-state index is 12.3. The summed E-state index contributed by atoms with van der Waals surface area (Å²) in [6, 6.07) is 5.09. The van der Waals surface area contributed by atoms with E-state index < -0.39 is 16.1 Å². The van der Waals surface area contributed by atoms with Crippen LogP contribution in [0.2, 0.25) is 5.15 Å². The average Bonchev–Trinajstić information content (AvgIpc) is 2.75. The molecule has 0 radical (unpaired) electrons. The summed E-state index contributed by atoms with van der Waals surface area (Å²) >= 11 is 5.92. The molecule has 0 saturated heterocycles. The van der Waals surface area contributed by atoms with Gasteiger partial charge in [-0.25, -0.2) is 18.1 Å². The standard InChI is InChI=1S/C12H16ClN3O4S/c1-20-8-9(17)5-6-14-21(18,19)12-11(13)15-10-4-2-3-7-16(10)12/h2-4,7,9,14,17H,5-6,8H2,1H3.